The molecule has 5 heteroatoms. The molecular weight excluding hydrogens is 316 g/mol. The van der Waals surface area contributed by atoms with E-state index in [1.165, 1.54) is 13.2 Å². The normalized spacial score (nSPS) is 10.3. The molecule has 25 heavy (non-hydrogen) atoms. The molecule has 5 nitrogen and oxygen atoms in total. The molecule has 0 aliphatic rings. The molecule has 2 rings (SSSR count). The number of ether oxygens (including phenoxy) is 2. The van der Waals surface area contributed by atoms with Crippen molar-refractivity contribution in [2.45, 2.75) is 0 Å². The minimum absolute atomic E-state index is 0.0670. The number of rotatable bonds is 6. The molecule has 0 fully saturated rings. The molecule has 0 spiro atoms. The fourth-order valence-electron chi connectivity index (χ4n) is 2.09. The van der Waals surface area contributed by atoms with Crippen LogP contribution < -0.4 is 14.8 Å². The van der Waals surface area contributed by atoms with Crippen molar-refractivity contribution in [3.63, 3.8) is 0 Å². The Balaban J connectivity index is 2.28. The van der Waals surface area contributed by atoms with Crippen LogP contribution in [0.15, 0.2) is 54.1 Å². The average Bonchev–Trinajstić information content (AvgIpc) is 2.65. The first-order chi connectivity index (χ1) is 12.2. The third-order valence-corrected chi connectivity index (χ3v) is 3.25. The number of amides is 1. The lowest BCUT2D eigenvalue weighted by atomic mass is 10.1. The minimum atomic E-state index is -0.543. The number of nitrogens with one attached hydrogen (secondary N) is 1. The van der Waals surface area contributed by atoms with Gasteiger partial charge in [-0.2, -0.15) is 5.26 Å². The molecular formula is C20H16N2O3. The molecule has 2 aromatic carbocycles. The number of para-hydroxylation sites is 3. The highest BCUT2D eigenvalue weighted by atomic mass is 16.5. The second-order valence-corrected chi connectivity index (χ2v) is 4.85. The number of carbonyl (C=O) groups excluding carboxylic acids is 1. The van der Waals surface area contributed by atoms with E-state index in [0.717, 1.165) is 0 Å². The Morgan fingerprint density at radius 2 is 1.88 bits per heavy atom. The molecule has 1 N–H and O–H groups in total. The Morgan fingerprint density at radius 1 is 1.20 bits per heavy atom. The topological polar surface area (TPSA) is 71.3 Å². The second-order valence-electron chi connectivity index (χ2n) is 4.85. The lowest BCUT2D eigenvalue weighted by molar-refractivity contribution is -0.112. The molecule has 0 aliphatic carbocycles. The van der Waals surface area contributed by atoms with Gasteiger partial charge in [0.2, 0.25) is 0 Å². The van der Waals surface area contributed by atoms with E-state index < -0.39 is 5.91 Å². The van der Waals surface area contributed by atoms with Crippen molar-refractivity contribution in [3.05, 3.63) is 59.7 Å². The maximum Gasteiger partial charge on any atom is 0.266 e. The molecule has 1 amide bonds. The van der Waals surface area contributed by atoms with Gasteiger partial charge in [-0.3, -0.25) is 4.79 Å². The van der Waals surface area contributed by atoms with Crippen LogP contribution in [0.3, 0.4) is 0 Å². The van der Waals surface area contributed by atoms with Crippen LogP contribution in [-0.2, 0) is 4.79 Å². The van der Waals surface area contributed by atoms with Crippen LogP contribution >= 0.6 is 0 Å². The van der Waals surface area contributed by atoms with Crippen LogP contribution in [0.1, 0.15) is 5.56 Å². The number of benzene rings is 2. The van der Waals surface area contributed by atoms with Crippen molar-refractivity contribution in [3.8, 4) is 29.9 Å². The summed E-state index contributed by atoms with van der Waals surface area (Å²) < 4.78 is 10.6. The van der Waals surface area contributed by atoms with Gasteiger partial charge in [0.05, 0.1) is 12.8 Å². The van der Waals surface area contributed by atoms with Gasteiger partial charge in [0.1, 0.15) is 29.7 Å². The van der Waals surface area contributed by atoms with Gasteiger partial charge in [0, 0.05) is 5.56 Å². The third-order valence-electron chi connectivity index (χ3n) is 3.25. The Kier molecular flexibility index (Phi) is 6.22. The first kappa shape index (κ1) is 17.7. The number of nitrogens with zero attached hydrogens (tertiary/aromatic N) is 1. The minimum Gasteiger partial charge on any atom is -0.495 e. The number of methoxy groups -OCH3 is 1. The van der Waals surface area contributed by atoms with Crippen molar-refractivity contribution >= 4 is 17.7 Å². The zero-order valence-electron chi connectivity index (χ0n) is 13.7. The number of nitriles is 1. The molecule has 0 radical (unpaired) electrons. The first-order valence-electron chi connectivity index (χ1n) is 7.41. The Morgan fingerprint density at radius 3 is 2.56 bits per heavy atom. The summed E-state index contributed by atoms with van der Waals surface area (Å²) in [5.74, 6) is 2.84. The maximum atomic E-state index is 12.4. The molecule has 0 bridgehead atoms. The number of carbonyl (C=O) groups is 1. The molecule has 2 aromatic rings. The van der Waals surface area contributed by atoms with Crippen LogP contribution in [0.2, 0.25) is 0 Å². The summed E-state index contributed by atoms with van der Waals surface area (Å²) in [6, 6.07) is 15.9. The van der Waals surface area contributed by atoms with Gasteiger partial charge in [-0.25, -0.2) is 0 Å². The van der Waals surface area contributed by atoms with E-state index in [9.17, 15) is 10.1 Å². The SMILES string of the molecule is C#CCOc1ccccc1/C=C(\C#N)C(=O)Nc1ccccc1OC. The van der Waals surface area contributed by atoms with E-state index in [0.29, 0.717) is 22.7 Å². The summed E-state index contributed by atoms with van der Waals surface area (Å²) in [5, 5.41) is 12.0. The van der Waals surface area contributed by atoms with Gasteiger partial charge in [-0.05, 0) is 24.3 Å². The van der Waals surface area contributed by atoms with Crippen molar-refractivity contribution in [1.82, 2.24) is 0 Å². The lowest BCUT2D eigenvalue weighted by Crippen LogP contribution is -2.14. The van der Waals surface area contributed by atoms with Crippen LogP contribution in [0.25, 0.3) is 6.08 Å². The van der Waals surface area contributed by atoms with E-state index in [-0.39, 0.29) is 12.2 Å². The van der Waals surface area contributed by atoms with E-state index in [4.69, 9.17) is 15.9 Å². The highest BCUT2D eigenvalue weighted by molar-refractivity contribution is 6.10. The highest BCUT2D eigenvalue weighted by Gasteiger charge is 2.13. The summed E-state index contributed by atoms with van der Waals surface area (Å²) in [7, 11) is 1.51. The summed E-state index contributed by atoms with van der Waals surface area (Å²) in [4.78, 5) is 12.4. The number of anilines is 1. The quantitative estimate of drug-likeness (QED) is 0.501. The van der Waals surface area contributed by atoms with Crippen LogP contribution in [0.5, 0.6) is 11.5 Å². The lowest BCUT2D eigenvalue weighted by Gasteiger charge is -2.10. The first-order valence-corrected chi connectivity index (χ1v) is 7.41. The molecule has 0 atom stereocenters. The van der Waals surface area contributed by atoms with E-state index in [1.807, 2.05) is 6.07 Å². The molecule has 0 aliphatic heterocycles. The van der Waals surface area contributed by atoms with Crippen molar-refractivity contribution in [2.24, 2.45) is 0 Å². The van der Waals surface area contributed by atoms with Gasteiger partial charge in [0.15, 0.2) is 0 Å². The van der Waals surface area contributed by atoms with Gasteiger partial charge < -0.3 is 14.8 Å². The zero-order valence-corrected chi connectivity index (χ0v) is 13.7. The predicted molar refractivity (Wildman–Crippen MR) is 96.0 cm³/mol. The van der Waals surface area contributed by atoms with Gasteiger partial charge >= 0.3 is 0 Å². The van der Waals surface area contributed by atoms with Crippen molar-refractivity contribution < 1.29 is 14.3 Å². The Bertz CT molecular complexity index is 873. The van der Waals surface area contributed by atoms with Crippen molar-refractivity contribution in [2.75, 3.05) is 19.0 Å². The molecule has 0 heterocycles. The summed E-state index contributed by atoms with van der Waals surface area (Å²) in [6.45, 7) is 0.0974. The van der Waals surface area contributed by atoms with E-state index in [2.05, 4.69) is 11.2 Å². The van der Waals surface area contributed by atoms with Gasteiger partial charge in [-0.1, -0.05) is 36.3 Å². The maximum absolute atomic E-state index is 12.4. The molecule has 124 valence electrons. The highest BCUT2D eigenvalue weighted by Crippen LogP contribution is 2.25. The smallest absolute Gasteiger partial charge is 0.266 e. The second kappa shape index (κ2) is 8.81. The number of terminal acetylenes is 1. The molecule has 0 saturated heterocycles. The summed E-state index contributed by atoms with van der Waals surface area (Å²) in [6.07, 6.45) is 6.65. The Labute approximate surface area is 146 Å². The van der Waals surface area contributed by atoms with Gasteiger partial charge in [0.25, 0.3) is 5.91 Å². The molecule has 0 aromatic heterocycles. The Hall–Kier alpha value is -3.70. The fourth-order valence-corrected chi connectivity index (χ4v) is 2.09. The fraction of sp³-hybridized carbons (Fsp3) is 0.100. The average molecular weight is 332 g/mol. The number of hydrogen-bond acceptors (Lipinski definition) is 4. The standard InChI is InChI=1S/C20H16N2O3/c1-3-12-25-18-10-6-4-8-15(18)13-16(14-21)20(23)22-17-9-5-7-11-19(17)24-2/h1,4-11,13H,12H2,2H3,(H,22,23)/b16-13+. The van der Waals surface area contributed by atoms with Crippen molar-refractivity contribution in [1.29, 1.82) is 5.26 Å². The van der Waals surface area contributed by atoms with Crippen LogP contribution in [0, 0.1) is 23.7 Å². The van der Waals surface area contributed by atoms with E-state index in [1.54, 1.807) is 48.5 Å². The molecule has 0 unspecified atom stereocenters. The summed E-state index contributed by atoms with van der Waals surface area (Å²) >= 11 is 0. The largest absolute Gasteiger partial charge is 0.495 e. The van der Waals surface area contributed by atoms with Gasteiger partial charge in [-0.15, -0.1) is 6.42 Å². The predicted octanol–water partition coefficient (Wildman–Crippen LogP) is 3.25. The van der Waals surface area contributed by atoms with Crippen LogP contribution in [0.4, 0.5) is 5.69 Å². The van der Waals surface area contributed by atoms with Crippen LogP contribution in [-0.4, -0.2) is 19.6 Å². The third kappa shape index (κ3) is 4.63. The monoisotopic (exact) mass is 332 g/mol. The summed E-state index contributed by atoms with van der Waals surface area (Å²) in [5.41, 5.74) is 1.00. The zero-order chi connectivity index (χ0) is 18.1. The van der Waals surface area contributed by atoms with E-state index >= 15 is 0 Å². The molecule has 0 saturated carbocycles. The number of hydrogen-bond donors (Lipinski definition) is 1.